The Morgan fingerprint density at radius 2 is 1.22 bits per heavy atom. The van der Waals surface area contributed by atoms with Crippen LogP contribution in [-0.4, -0.2) is 42.5 Å². The van der Waals surface area contributed by atoms with Crippen LogP contribution in [0.1, 0.15) is 53.9 Å². The van der Waals surface area contributed by atoms with Crippen LogP contribution >= 0.6 is 0 Å². The molecule has 4 aromatic rings. The highest BCUT2D eigenvalue weighted by atomic mass is 16.2. The maximum absolute atomic E-state index is 14.6. The summed E-state index contributed by atoms with van der Waals surface area (Å²) in [6.07, 6.45) is 1.09. The lowest BCUT2D eigenvalue weighted by Crippen LogP contribution is -2.55. The maximum atomic E-state index is 14.6. The van der Waals surface area contributed by atoms with E-state index in [0.717, 1.165) is 41.8 Å². The Morgan fingerprint density at radius 3 is 1.63 bits per heavy atom. The molecule has 4 aromatic carbocycles. The number of hydrogen-bond donors (Lipinski definition) is 2. The number of urea groups is 1. The molecule has 1 aliphatic rings. The highest BCUT2D eigenvalue weighted by molar-refractivity contribution is 5.95. The fourth-order valence-electron chi connectivity index (χ4n) is 6.23. The van der Waals surface area contributed by atoms with Gasteiger partial charge in [-0.3, -0.25) is 9.69 Å². The zero-order valence-electron chi connectivity index (χ0n) is 23.7. The quantitative estimate of drug-likeness (QED) is 0.237. The molecule has 3 amide bonds. The van der Waals surface area contributed by atoms with Gasteiger partial charge in [0.15, 0.2) is 0 Å². The number of carbonyl (C=O) groups excluding carboxylic acids is 2. The van der Waals surface area contributed by atoms with Crippen molar-refractivity contribution >= 4 is 11.9 Å². The Morgan fingerprint density at radius 1 is 0.756 bits per heavy atom. The van der Waals surface area contributed by atoms with E-state index >= 15 is 0 Å². The minimum Gasteiger partial charge on any atom is -0.338 e. The molecule has 210 valence electrons. The second-order valence-corrected chi connectivity index (χ2v) is 10.7. The summed E-state index contributed by atoms with van der Waals surface area (Å²) in [5.74, 6) is -0.391. The van der Waals surface area contributed by atoms with E-state index in [2.05, 4.69) is 59.2 Å². The van der Waals surface area contributed by atoms with Gasteiger partial charge in [0, 0.05) is 31.3 Å². The van der Waals surface area contributed by atoms with E-state index in [1.807, 2.05) is 79.7 Å². The van der Waals surface area contributed by atoms with Gasteiger partial charge in [-0.05, 0) is 48.1 Å². The number of nitrogens with zero attached hydrogens (tertiary/aromatic N) is 1. The Hall–Kier alpha value is -4.22. The SMILES string of the molecule is CCNC(=O)N(C(=O)CC(c1ccccc1)c1ccccc1)C(C1CCNC1)C(c1ccccc1)c1ccccc1. The van der Waals surface area contributed by atoms with Crippen LogP contribution in [0.15, 0.2) is 121 Å². The van der Waals surface area contributed by atoms with Crippen LogP contribution in [0.5, 0.6) is 0 Å². The molecule has 0 saturated carbocycles. The summed E-state index contributed by atoms with van der Waals surface area (Å²) in [7, 11) is 0. The third-order valence-electron chi connectivity index (χ3n) is 8.14. The highest BCUT2D eigenvalue weighted by Crippen LogP contribution is 2.38. The summed E-state index contributed by atoms with van der Waals surface area (Å²) in [6.45, 7) is 3.96. The molecule has 0 spiro atoms. The van der Waals surface area contributed by atoms with Crippen molar-refractivity contribution in [3.63, 3.8) is 0 Å². The minimum atomic E-state index is -0.360. The smallest absolute Gasteiger partial charge is 0.324 e. The van der Waals surface area contributed by atoms with Crippen molar-refractivity contribution in [3.05, 3.63) is 144 Å². The molecule has 41 heavy (non-hydrogen) atoms. The number of imide groups is 1. The standard InChI is InChI=1S/C36H39N3O2/c1-2-38-36(41)39(33(40)25-32(27-15-7-3-8-16-27)28-17-9-4-10-18-28)35(31-23-24-37-26-31)34(29-19-11-5-12-20-29)30-21-13-6-14-22-30/h3-22,31-32,34-35,37H,2,23-26H2,1H3,(H,38,41). The van der Waals surface area contributed by atoms with Crippen molar-refractivity contribution < 1.29 is 9.59 Å². The van der Waals surface area contributed by atoms with Crippen LogP contribution in [0.2, 0.25) is 0 Å². The molecule has 5 heteroatoms. The van der Waals surface area contributed by atoms with Crippen LogP contribution in [0.3, 0.4) is 0 Å². The highest BCUT2D eigenvalue weighted by Gasteiger charge is 2.43. The number of amides is 3. The number of benzene rings is 4. The van der Waals surface area contributed by atoms with Crippen molar-refractivity contribution in [2.75, 3.05) is 19.6 Å². The molecule has 0 aliphatic carbocycles. The summed E-state index contributed by atoms with van der Waals surface area (Å²) in [5.41, 5.74) is 4.31. The molecular formula is C36H39N3O2. The molecule has 1 saturated heterocycles. The van der Waals surface area contributed by atoms with Gasteiger partial charge >= 0.3 is 6.03 Å². The van der Waals surface area contributed by atoms with Crippen molar-refractivity contribution in [2.45, 2.75) is 37.6 Å². The van der Waals surface area contributed by atoms with Gasteiger partial charge in [-0.25, -0.2) is 4.79 Å². The monoisotopic (exact) mass is 545 g/mol. The van der Waals surface area contributed by atoms with E-state index in [9.17, 15) is 9.59 Å². The summed E-state index contributed by atoms with van der Waals surface area (Å²) >= 11 is 0. The lowest BCUT2D eigenvalue weighted by atomic mass is 9.77. The van der Waals surface area contributed by atoms with Gasteiger partial charge in [-0.2, -0.15) is 0 Å². The van der Waals surface area contributed by atoms with Gasteiger partial charge < -0.3 is 10.6 Å². The molecule has 5 nitrogen and oxygen atoms in total. The van der Waals surface area contributed by atoms with Crippen LogP contribution in [0.25, 0.3) is 0 Å². The van der Waals surface area contributed by atoms with Gasteiger partial charge in [0.2, 0.25) is 5.91 Å². The Labute approximate surface area is 243 Å². The van der Waals surface area contributed by atoms with Crippen LogP contribution in [-0.2, 0) is 4.79 Å². The number of nitrogens with one attached hydrogen (secondary N) is 2. The van der Waals surface area contributed by atoms with Gasteiger partial charge in [-0.1, -0.05) is 121 Å². The summed E-state index contributed by atoms with van der Waals surface area (Å²) in [5, 5.41) is 6.48. The molecule has 0 bridgehead atoms. The van der Waals surface area contributed by atoms with Crippen LogP contribution in [0.4, 0.5) is 4.79 Å². The third-order valence-corrected chi connectivity index (χ3v) is 8.14. The first-order valence-electron chi connectivity index (χ1n) is 14.7. The molecule has 0 aromatic heterocycles. The fourth-order valence-corrected chi connectivity index (χ4v) is 6.23. The van der Waals surface area contributed by atoms with Gasteiger partial charge in [0.05, 0.1) is 6.04 Å². The van der Waals surface area contributed by atoms with E-state index in [1.54, 1.807) is 4.90 Å². The van der Waals surface area contributed by atoms with Crippen molar-refractivity contribution in [3.8, 4) is 0 Å². The second kappa shape index (κ2) is 13.9. The normalized spacial score (nSPS) is 15.5. The molecule has 2 atom stereocenters. The Bertz CT molecular complexity index is 1290. The number of carbonyl (C=O) groups is 2. The number of rotatable bonds is 10. The first kappa shape index (κ1) is 28.3. The lowest BCUT2D eigenvalue weighted by Gasteiger charge is -2.40. The second-order valence-electron chi connectivity index (χ2n) is 10.7. The van der Waals surface area contributed by atoms with E-state index in [4.69, 9.17) is 0 Å². The first-order valence-corrected chi connectivity index (χ1v) is 14.7. The predicted octanol–water partition coefficient (Wildman–Crippen LogP) is 6.58. The van der Waals surface area contributed by atoms with Gasteiger partial charge in [-0.15, -0.1) is 0 Å². The molecule has 2 unspecified atom stereocenters. The zero-order chi connectivity index (χ0) is 28.4. The zero-order valence-corrected chi connectivity index (χ0v) is 23.7. The van der Waals surface area contributed by atoms with Gasteiger partial charge in [0.1, 0.15) is 0 Å². The fraction of sp³-hybridized carbons (Fsp3) is 0.278. The molecule has 1 aliphatic heterocycles. The summed E-state index contributed by atoms with van der Waals surface area (Å²) < 4.78 is 0. The molecule has 0 radical (unpaired) electrons. The average molecular weight is 546 g/mol. The average Bonchev–Trinajstić information content (AvgIpc) is 3.56. The van der Waals surface area contributed by atoms with E-state index in [0.29, 0.717) is 6.54 Å². The molecule has 1 heterocycles. The molecular weight excluding hydrogens is 506 g/mol. The first-order chi connectivity index (χ1) is 20.2. The molecule has 5 rings (SSSR count). The molecule has 2 N–H and O–H groups in total. The van der Waals surface area contributed by atoms with E-state index in [1.165, 1.54) is 0 Å². The topological polar surface area (TPSA) is 61.4 Å². The predicted molar refractivity (Wildman–Crippen MR) is 165 cm³/mol. The summed E-state index contributed by atoms with van der Waals surface area (Å²) in [4.78, 5) is 30.2. The molecule has 1 fully saturated rings. The number of hydrogen-bond acceptors (Lipinski definition) is 3. The van der Waals surface area contributed by atoms with E-state index in [-0.39, 0.29) is 42.2 Å². The van der Waals surface area contributed by atoms with E-state index < -0.39 is 0 Å². The van der Waals surface area contributed by atoms with Crippen molar-refractivity contribution in [1.29, 1.82) is 0 Å². The van der Waals surface area contributed by atoms with Crippen LogP contribution < -0.4 is 10.6 Å². The largest absolute Gasteiger partial charge is 0.338 e. The van der Waals surface area contributed by atoms with Crippen molar-refractivity contribution in [2.24, 2.45) is 5.92 Å². The Balaban J connectivity index is 1.61. The van der Waals surface area contributed by atoms with Crippen LogP contribution in [0, 0.1) is 5.92 Å². The summed E-state index contributed by atoms with van der Waals surface area (Å²) in [6, 6.07) is 40.2. The third kappa shape index (κ3) is 6.75. The van der Waals surface area contributed by atoms with Gasteiger partial charge in [0.25, 0.3) is 0 Å². The van der Waals surface area contributed by atoms with Crippen molar-refractivity contribution in [1.82, 2.24) is 15.5 Å². The Kier molecular flexibility index (Phi) is 9.61. The maximum Gasteiger partial charge on any atom is 0.324 e. The minimum absolute atomic E-state index is 0.110. The lowest BCUT2D eigenvalue weighted by molar-refractivity contribution is -0.131.